The van der Waals surface area contributed by atoms with Crippen LogP contribution >= 0.6 is 0 Å². The zero-order valence-corrected chi connectivity index (χ0v) is 15.3. The van der Waals surface area contributed by atoms with Gasteiger partial charge in [0.1, 0.15) is 12.6 Å². The summed E-state index contributed by atoms with van der Waals surface area (Å²) in [6, 6.07) is 0. The molecule has 0 saturated carbocycles. The predicted molar refractivity (Wildman–Crippen MR) is 96.7 cm³/mol. The molecular weight excluding hydrogens is 320 g/mol. The summed E-state index contributed by atoms with van der Waals surface area (Å²) in [4.78, 5) is 44.3. The van der Waals surface area contributed by atoms with Crippen LogP contribution in [-0.4, -0.2) is 24.5 Å². The van der Waals surface area contributed by atoms with Gasteiger partial charge in [0.25, 0.3) is 0 Å². The predicted octanol–water partition coefficient (Wildman–Crippen LogP) is 3.80. The summed E-state index contributed by atoms with van der Waals surface area (Å²) in [5.74, 6) is -1.42. The number of carbonyl (C=O) groups excluding carboxylic acids is 4. The number of hydrogen-bond acceptors (Lipinski definition) is 5. The minimum atomic E-state index is -0.709. The first kappa shape index (κ1) is 22.4. The molecule has 0 aliphatic carbocycles. The van der Waals surface area contributed by atoms with Gasteiger partial charge in [-0.2, -0.15) is 0 Å². The van der Waals surface area contributed by atoms with Gasteiger partial charge >= 0.3 is 11.9 Å². The van der Waals surface area contributed by atoms with E-state index in [1.807, 2.05) is 0 Å². The highest BCUT2D eigenvalue weighted by atomic mass is 16.6. The Morgan fingerprint density at radius 1 is 0.720 bits per heavy atom. The second-order valence-electron chi connectivity index (χ2n) is 5.93. The third kappa shape index (κ3) is 12.5. The summed E-state index contributed by atoms with van der Waals surface area (Å²) in [5, 5.41) is 0. The maximum Gasteiger partial charge on any atom is 0.338 e. The summed E-state index contributed by atoms with van der Waals surface area (Å²) in [5.41, 5.74) is 2.82. The lowest BCUT2D eigenvalue weighted by molar-refractivity contribution is -0.152. The van der Waals surface area contributed by atoms with Gasteiger partial charge in [-0.3, -0.25) is 9.59 Å². The van der Waals surface area contributed by atoms with Gasteiger partial charge in [0, 0.05) is 12.2 Å². The summed E-state index contributed by atoms with van der Waals surface area (Å²) in [7, 11) is 0. The normalized spacial score (nSPS) is 13.4. The average Bonchev–Trinajstić information content (AvgIpc) is 2.53. The third-order valence-corrected chi connectivity index (χ3v) is 3.31. The van der Waals surface area contributed by atoms with Crippen molar-refractivity contribution in [1.29, 1.82) is 0 Å². The van der Waals surface area contributed by atoms with Crippen molar-refractivity contribution in [2.45, 2.75) is 53.4 Å². The van der Waals surface area contributed by atoms with E-state index < -0.39 is 11.9 Å². The van der Waals surface area contributed by atoms with Crippen LogP contribution in [0.4, 0.5) is 0 Å². The van der Waals surface area contributed by atoms with Crippen LogP contribution in [0.3, 0.4) is 0 Å². The van der Waals surface area contributed by atoms with Gasteiger partial charge in [-0.25, -0.2) is 9.59 Å². The van der Waals surface area contributed by atoms with Crippen LogP contribution in [0.5, 0.6) is 0 Å². The summed E-state index contributed by atoms with van der Waals surface area (Å²) < 4.78 is 4.72. The number of allylic oxidation sites excluding steroid dienone is 6. The Kier molecular flexibility index (Phi) is 11.5. The average molecular weight is 346 g/mol. The molecule has 0 aromatic heterocycles. The monoisotopic (exact) mass is 346 g/mol. The first-order chi connectivity index (χ1) is 11.8. The lowest BCUT2D eigenvalue weighted by Gasteiger charge is -2.01. The molecular formula is C20H26O5. The Balaban J connectivity index is 4.41. The molecule has 0 fully saturated rings. The fraction of sp³-hybridized carbons (Fsp3) is 0.400. The summed E-state index contributed by atoms with van der Waals surface area (Å²) >= 11 is 0. The van der Waals surface area contributed by atoms with Crippen LogP contribution in [0.25, 0.3) is 0 Å². The molecule has 25 heavy (non-hydrogen) atoms. The van der Waals surface area contributed by atoms with E-state index in [4.69, 9.17) is 4.74 Å². The molecule has 0 N–H and O–H groups in total. The molecule has 0 aromatic carbocycles. The van der Waals surface area contributed by atoms with Gasteiger partial charge in [0.2, 0.25) is 0 Å². The van der Waals surface area contributed by atoms with Crippen LogP contribution in [0.2, 0.25) is 0 Å². The molecule has 5 nitrogen and oxygen atoms in total. The second kappa shape index (κ2) is 12.8. The highest BCUT2D eigenvalue weighted by Gasteiger charge is 2.06. The van der Waals surface area contributed by atoms with Crippen molar-refractivity contribution < 1.29 is 23.9 Å². The lowest BCUT2D eigenvalue weighted by Crippen LogP contribution is -2.08. The van der Waals surface area contributed by atoms with Gasteiger partial charge in [-0.1, -0.05) is 23.3 Å². The van der Waals surface area contributed by atoms with Crippen LogP contribution in [0.15, 0.2) is 46.6 Å². The Hall–Kier alpha value is -2.56. The molecule has 0 amide bonds. The van der Waals surface area contributed by atoms with Gasteiger partial charge < -0.3 is 4.74 Å². The van der Waals surface area contributed by atoms with E-state index in [9.17, 15) is 19.2 Å². The van der Waals surface area contributed by atoms with Crippen molar-refractivity contribution in [2.24, 2.45) is 0 Å². The van der Waals surface area contributed by atoms with E-state index in [0.29, 0.717) is 36.8 Å². The molecule has 136 valence electrons. The molecule has 0 spiro atoms. The molecule has 0 atom stereocenters. The van der Waals surface area contributed by atoms with Crippen LogP contribution in [0.1, 0.15) is 53.4 Å². The van der Waals surface area contributed by atoms with Crippen molar-refractivity contribution in [3.05, 3.63) is 46.6 Å². The molecule has 0 bridgehead atoms. The molecule has 0 aliphatic rings. The number of carbonyl (C=O) groups is 4. The zero-order chi connectivity index (χ0) is 19.2. The van der Waals surface area contributed by atoms with E-state index >= 15 is 0 Å². The third-order valence-electron chi connectivity index (χ3n) is 3.31. The van der Waals surface area contributed by atoms with Crippen molar-refractivity contribution in [3.8, 4) is 0 Å². The van der Waals surface area contributed by atoms with E-state index in [1.54, 1.807) is 39.8 Å². The number of esters is 2. The zero-order valence-electron chi connectivity index (χ0n) is 15.3. The van der Waals surface area contributed by atoms with Gasteiger partial charge in [-0.15, -0.1) is 0 Å². The molecule has 0 rings (SSSR count). The first-order valence-corrected chi connectivity index (χ1v) is 8.12. The highest BCUT2D eigenvalue weighted by molar-refractivity contribution is 5.96. The largest absolute Gasteiger partial charge is 0.387 e. The SMILES string of the molecule is C/C(C=O)=C\CC/C(C)=C/C(=O)OC(=O)/C=C(\C)CC/C=C(\C)C=O. The fourth-order valence-corrected chi connectivity index (χ4v) is 1.86. The van der Waals surface area contributed by atoms with Crippen molar-refractivity contribution in [3.63, 3.8) is 0 Å². The van der Waals surface area contributed by atoms with Crippen molar-refractivity contribution >= 4 is 24.5 Å². The van der Waals surface area contributed by atoms with Crippen LogP contribution in [-0.2, 0) is 23.9 Å². The molecule has 0 radical (unpaired) electrons. The fourth-order valence-electron chi connectivity index (χ4n) is 1.86. The van der Waals surface area contributed by atoms with Gasteiger partial charge in [-0.05, 0) is 64.5 Å². The Morgan fingerprint density at radius 2 is 1.08 bits per heavy atom. The minimum Gasteiger partial charge on any atom is -0.387 e. The van der Waals surface area contributed by atoms with E-state index in [2.05, 4.69) is 0 Å². The molecule has 0 aliphatic heterocycles. The smallest absolute Gasteiger partial charge is 0.338 e. The minimum absolute atomic E-state index is 0.603. The number of rotatable bonds is 10. The Labute approximate surface area is 149 Å². The standard InChI is InChI=1S/C20H26O5/c1-15(7-5-9-17(3)13-21)11-19(23)25-20(24)12-16(2)8-6-10-18(4)14-22/h9-14H,5-8H2,1-4H3/b15-11+,16-12+,17-9+,18-10+. The molecule has 0 heterocycles. The van der Waals surface area contributed by atoms with Gasteiger partial charge in [0.15, 0.2) is 0 Å². The lowest BCUT2D eigenvalue weighted by atomic mass is 10.1. The quantitative estimate of drug-likeness (QED) is 0.260. The number of ether oxygens (including phenoxy) is 1. The number of hydrogen-bond donors (Lipinski definition) is 0. The maximum atomic E-state index is 11.7. The first-order valence-electron chi connectivity index (χ1n) is 8.12. The molecule has 5 heteroatoms. The van der Waals surface area contributed by atoms with Crippen LogP contribution < -0.4 is 0 Å². The maximum absolute atomic E-state index is 11.7. The Morgan fingerprint density at radius 3 is 1.40 bits per heavy atom. The van der Waals surface area contributed by atoms with E-state index in [0.717, 1.165) is 23.7 Å². The molecule has 0 unspecified atom stereocenters. The summed E-state index contributed by atoms with van der Waals surface area (Å²) in [6.07, 6.45) is 10.2. The molecule has 0 aromatic rings. The van der Waals surface area contributed by atoms with E-state index in [1.165, 1.54) is 12.2 Å². The topological polar surface area (TPSA) is 77.5 Å². The van der Waals surface area contributed by atoms with Crippen molar-refractivity contribution in [1.82, 2.24) is 0 Å². The second-order valence-corrected chi connectivity index (χ2v) is 5.93. The van der Waals surface area contributed by atoms with E-state index in [-0.39, 0.29) is 0 Å². The highest BCUT2D eigenvalue weighted by Crippen LogP contribution is 2.08. The molecule has 0 saturated heterocycles. The van der Waals surface area contributed by atoms with Crippen molar-refractivity contribution in [2.75, 3.05) is 0 Å². The van der Waals surface area contributed by atoms with Crippen LogP contribution in [0, 0.1) is 0 Å². The van der Waals surface area contributed by atoms with Gasteiger partial charge in [0.05, 0.1) is 0 Å². The Bertz CT molecular complexity index is 564. The summed E-state index contributed by atoms with van der Waals surface area (Å²) in [6.45, 7) is 6.95. The number of aldehydes is 2.